The van der Waals surface area contributed by atoms with E-state index in [9.17, 15) is 19.5 Å². The van der Waals surface area contributed by atoms with E-state index in [0.29, 0.717) is 5.56 Å². The molecular weight excluding hydrogens is 290 g/mol. The molecule has 0 spiro atoms. The molecule has 0 aromatic heterocycles. The number of esters is 2. The first-order valence-corrected chi connectivity index (χ1v) is 6.74. The van der Waals surface area contributed by atoms with Gasteiger partial charge in [0.25, 0.3) is 5.91 Å². The number of hydrogen-bond donors (Lipinski definition) is 3. The molecule has 7 heteroatoms. The van der Waals surface area contributed by atoms with Crippen LogP contribution in [0.5, 0.6) is 0 Å². The van der Waals surface area contributed by atoms with Crippen LogP contribution < -0.4 is 5.32 Å². The molecule has 0 saturated heterocycles. The lowest BCUT2D eigenvalue weighted by Gasteiger charge is -2.20. The van der Waals surface area contributed by atoms with Crippen molar-refractivity contribution in [1.29, 1.82) is 0 Å². The second-order valence-corrected chi connectivity index (χ2v) is 5.04. The highest BCUT2D eigenvalue weighted by Gasteiger charge is 2.26. The molecule has 22 heavy (non-hydrogen) atoms. The standard InChI is InChI=1S/C15H19NO6/c1-15(21,7-8-17)9-12(18)22-13(19)10-16-14(20)11-5-3-2-4-6-11/h2-6,17,21H,7-10H2,1H3,(H,16,20)/t15-/m1/s1. The van der Waals surface area contributed by atoms with Crippen LogP contribution in [-0.2, 0) is 14.3 Å². The summed E-state index contributed by atoms with van der Waals surface area (Å²) in [6, 6.07) is 8.28. The van der Waals surface area contributed by atoms with Gasteiger partial charge in [-0.15, -0.1) is 0 Å². The summed E-state index contributed by atoms with van der Waals surface area (Å²) in [4.78, 5) is 34.6. The van der Waals surface area contributed by atoms with Gasteiger partial charge >= 0.3 is 11.9 Å². The van der Waals surface area contributed by atoms with Gasteiger partial charge in [0.1, 0.15) is 6.54 Å². The number of aliphatic hydroxyl groups is 2. The van der Waals surface area contributed by atoms with Crippen LogP contribution in [0.1, 0.15) is 30.1 Å². The van der Waals surface area contributed by atoms with E-state index in [-0.39, 0.29) is 13.0 Å². The molecule has 0 radical (unpaired) electrons. The third-order valence-corrected chi connectivity index (χ3v) is 2.83. The SMILES string of the molecule is C[C@@](O)(CCO)CC(=O)OC(=O)CNC(=O)c1ccccc1. The quantitative estimate of drug-likeness (QED) is 0.483. The Balaban J connectivity index is 2.37. The molecule has 1 aromatic carbocycles. The van der Waals surface area contributed by atoms with E-state index in [1.54, 1.807) is 30.3 Å². The summed E-state index contributed by atoms with van der Waals surface area (Å²) in [6.45, 7) is 0.606. The van der Waals surface area contributed by atoms with Crippen molar-refractivity contribution < 1.29 is 29.3 Å². The van der Waals surface area contributed by atoms with Gasteiger partial charge in [-0.05, 0) is 25.5 Å². The first-order chi connectivity index (χ1) is 10.3. The fraction of sp³-hybridized carbons (Fsp3) is 0.400. The lowest BCUT2D eigenvalue weighted by Crippen LogP contribution is -2.34. The normalized spacial score (nSPS) is 13.0. The zero-order valence-corrected chi connectivity index (χ0v) is 12.2. The number of ether oxygens (including phenoxy) is 1. The summed E-state index contributed by atoms with van der Waals surface area (Å²) < 4.78 is 4.48. The average molecular weight is 309 g/mol. The molecule has 0 saturated carbocycles. The minimum absolute atomic E-state index is 0.0129. The fourth-order valence-corrected chi connectivity index (χ4v) is 1.68. The first-order valence-electron chi connectivity index (χ1n) is 6.74. The van der Waals surface area contributed by atoms with Gasteiger partial charge in [0.15, 0.2) is 0 Å². The molecule has 0 aliphatic heterocycles. The fourth-order valence-electron chi connectivity index (χ4n) is 1.68. The van der Waals surface area contributed by atoms with Crippen molar-refractivity contribution in [2.75, 3.05) is 13.2 Å². The van der Waals surface area contributed by atoms with Crippen LogP contribution in [0, 0.1) is 0 Å². The molecule has 0 unspecified atom stereocenters. The zero-order chi connectivity index (χ0) is 16.6. The number of rotatable bonds is 7. The Labute approximate surface area is 127 Å². The van der Waals surface area contributed by atoms with Gasteiger partial charge in [0.05, 0.1) is 12.0 Å². The predicted molar refractivity (Wildman–Crippen MR) is 76.8 cm³/mol. The smallest absolute Gasteiger partial charge is 0.333 e. The van der Waals surface area contributed by atoms with Crippen molar-refractivity contribution in [3.63, 3.8) is 0 Å². The Morgan fingerprint density at radius 2 is 1.82 bits per heavy atom. The number of carbonyl (C=O) groups is 3. The van der Waals surface area contributed by atoms with Crippen molar-refractivity contribution >= 4 is 17.8 Å². The van der Waals surface area contributed by atoms with Crippen LogP contribution >= 0.6 is 0 Å². The number of hydrogen-bond acceptors (Lipinski definition) is 6. The van der Waals surface area contributed by atoms with E-state index >= 15 is 0 Å². The molecule has 0 fully saturated rings. The Morgan fingerprint density at radius 1 is 1.18 bits per heavy atom. The van der Waals surface area contributed by atoms with E-state index in [1.165, 1.54) is 6.92 Å². The van der Waals surface area contributed by atoms with E-state index in [0.717, 1.165) is 0 Å². The molecule has 1 atom stereocenters. The number of nitrogens with one attached hydrogen (secondary N) is 1. The van der Waals surface area contributed by atoms with Crippen molar-refractivity contribution in [3.05, 3.63) is 35.9 Å². The van der Waals surface area contributed by atoms with Crippen LogP contribution in [0.4, 0.5) is 0 Å². The molecule has 7 nitrogen and oxygen atoms in total. The first kappa shape index (κ1) is 17.8. The molecule has 1 aromatic rings. The summed E-state index contributed by atoms with van der Waals surface area (Å²) in [7, 11) is 0. The highest BCUT2D eigenvalue weighted by molar-refractivity contribution is 5.96. The maximum Gasteiger partial charge on any atom is 0.333 e. The molecule has 0 aliphatic carbocycles. The number of amides is 1. The number of aliphatic hydroxyl groups excluding tert-OH is 1. The summed E-state index contributed by atoms with van der Waals surface area (Å²) >= 11 is 0. The van der Waals surface area contributed by atoms with Crippen LogP contribution in [0.3, 0.4) is 0 Å². The largest absolute Gasteiger partial charge is 0.396 e. The molecular formula is C15H19NO6. The Kier molecular flexibility index (Phi) is 6.68. The van der Waals surface area contributed by atoms with E-state index in [4.69, 9.17) is 5.11 Å². The van der Waals surface area contributed by atoms with Crippen molar-refractivity contribution in [2.24, 2.45) is 0 Å². The highest BCUT2D eigenvalue weighted by Crippen LogP contribution is 2.14. The molecule has 0 aliphatic rings. The summed E-state index contributed by atoms with van der Waals surface area (Å²) in [5, 5.41) is 20.8. The third-order valence-electron chi connectivity index (χ3n) is 2.83. The topological polar surface area (TPSA) is 113 Å². The maximum absolute atomic E-state index is 11.7. The lowest BCUT2D eigenvalue weighted by atomic mass is 9.99. The number of benzene rings is 1. The van der Waals surface area contributed by atoms with Crippen molar-refractivity contribution in [1.82, 2.24) is 5.32 Å². The summed E-state index contributed by atoms with van der Waals surface area (Å²) in [6.07, 6.45) is -0.438. The molecule has 3 N–H and O–H groups in total. The van der Waals surface area contributed by atoms with Crippen molar-refractivity contribution in [2.45, 2.75) is 25.4 Å². The summed E-state index contributed by atoms with van der Waals surface area (Å²) in [5.74, 6) is -2.30. The predicted octanol–water partition coefficient (Wildman–Crippen LogP) is 0.00970. The second-order valence-electron chi connectivity index (χ2n) is 5.04. The maximum atomic E-state index is 11.7. The minimum atomic E-state index is -1.45. The molecule has 1 rings (SSSR count). The van der Waals surface area contributed by atoms with Crippen LogP contribution in [-0.4, -0.2) is 46.8 Å². The van der Waals surface area contributed by atoms with Gasteiger partial charge in [-0.1, -0.05) is 18.2 Å². The molecule has 0 heterocycles. The van der Waals surface area contributed by atoms with Crippen molar-refractivity contribution in [3.8, 4) is 0 Å². The lowest BCUT2D eigenvalue weighted by molar-refractivity contribution is -0.161. The third kappa shape index (κ3) is 6.47. The second kappa shape index (κ2) is 8.26. The Hall–Kier alpha value is -2.25. The summed E-state index contributed by atoms with van der Waals surface area (Å²) in [5.41, 5.74) is -1.06. The zero-order valence-electron chi connectivity index (χ0n) is 12.2. The van der Waals surface area contributed by atoms with Crippen LogP contribution in [0.2, 0.25) is 0 Å². The Bertz CT molecular complexity index is 526. The molecule has 1 amide bonds. The van der Waals surface area contributed by atoms with Gasteiger partial charge in [-0.25, -0.2) is 4.79 Å². The molecule has 0 bridgehead atoms. The highest BCUT2D eigenvalue weighted by atomic mass is 16.6. The van der Waals surface area contributed by atoms with Gasteiger partial charge in [-0.3, -0.25) is 9.59 Å². The van der Waals surface area contributed by atoms with Crippen LogP contribution in [0.15, 0.2) is 30.3 Å². The van der Waals surface area contributed by atoms with Gasteiger partial charge in [0, 0.05) is 12.2 Å². The van der Waals surface area contributed by atoms with Gasteiger partial charge in [-0.2, -0.15) is 0 Å². The van der Waals surface area contributed by atoms with E-state index < -0.39 is 36.4 Å². The van der Waals surface area contributed by atoms with Crippen LogP contribution in [0.25, 0.3) is 0 Å². The Morgan fingerprint density at radius 3 is 2.41 bits per heavy atom. The van der Waals surface area contributed by atoms with E-state index in [1.807, 2.05) is 0 Å². The molecule has 120 valence electrons. The minimum Gasteiger partial charge on any atom is -0.396 e. The number of carbonyl (C=O) groups excluding carboxylic acids is 3. The van der Waals surface area contributed by atoms with E-state index in [2.05, 4.69) is 10.1 Å². The average Bonchev–Trinajstić information content (AvgIpc) is 2.44. The van der Waals surface area contributed by atoms with Gasteiger partial charge in [0.2, 0.25) is 0 Å². The van der Waals surface area contributed by atoms with Gasteiger partial charge < -0.3 is 20.3 Å². The monoisotopic (exact) mass is 309 g/mol.